The van der Waals surface area contributed by atoms with Crippen LogP contribution in [-0.2, 0) is 4.74 Å². The van der Waals surface area contributed by atoms with Crippen LogP contribution in [0, 0.1) is 6.92 Å². The smallest absolute Gasteiger partial charge is 0.343 e. The van der Waals surface area contributed by atoms with E-state index < -0.39 is 5.97 Å². The summed E-state index contributed by atoms with van der Waals surface area (Å²) >= 11 is 0. The maximum Gasteiger partial charge on any atom is 0.343 e. The fraction of sp³-hybridized carbons (Fsp3) is 0.188. The third-order valence-electron chi connectivity index (χ3n) is 2.79. The zero-order chi connectivity index (χ0) is 15.2. The highest BCUT2D eigenvalue weighted by atomic mass is 16.7. The Labute approximate surface area is 122 Å². The molecule has 0 saturated heterocycles. The van der Waals surface area contributed by atoms with Crippen LogP contribution in [0.15, 0.2) is 42.5 Å². The van der Waals surface area contributed by atoms with Gasteiger partial charge in [0.2, 0.25) is 0 Å². The van der Waals surface area contributed by atoms with E-state index in [4.69, 9.17) is 14.2 Å². The largest absolute Gasteiger partial charge is 0.508 e. The lowest BCUT2D eigenvalue weighted by Gasteiger charge is -2.10. The molecule has 0 aliphatic carbocycles. The van der Waals surface area contributed by atoms with Crippen molar-refractivity contribution in [2.75, 3.05) is 13.9 Å². The van der Waals surface area contributed by atoms with Crippen molar-refractivity contribution in [2.24, 2.45) is 0 Å². The minimum atomic E-state index is -0.486. The minimum Gasteiger partial charge on any atom is -0.508 e. The van der Waals surface area contributed by atoms with Gasteiger partial charge in [-0.2, -0.15) is 0 Å². The lowest BCUT2D eigenvalue weighted by molar-refractivity contribution is 0.0505. The van der Waals surface area contributed by atoms with E-state index in [2.05, 4.69) is 0 Å². The van der Waals surface area contributed by atoms with E-state index in [0.717, 1.165) is 5.56 Å². The number of benzene rings is 2. The number of phenolic OH excluding ortho intramolecular Hbond substituents is 1. The molecule has 110 valence electrons. The predicted octanol–water partition coefficient (Wildman–Crippen LogP) is 2.90. The van der Waals surface area contributed by atoms with E-state index in [1.165, 1.54) is 24.3 Å². The molecule has 0 spiro atoms. The van der Waals surface area contributed by atoms with Crippen molar-refractivity contribution in [3.63, 3.8) is 0 Å². The molecule has 2 aromatic rings. The van der Waals surface area contributed by atoms with Gasteiger partial charge in [-0.15, -0.1) is 0 Å². The van der Waals surface area contributed by atoms with Gasteiger partial charge in [0.15, 0.2) is 6.79 Å². The SMILES string of the molecule is COCOc1ccc(OC(=O)c2ccc(O)cc2)cc1C. The number of aromatic hydroxyl groups is 1. The first-order chi connectivity index (χ1) is 10.1. The van der Waals surface area contributed by atoms with Crippen LogP contribution in [0.2, 0.25) is 0 Å². The quantitative estimate of drug-likeness (QED) is 0.520. The molecule has 0 radical (unpaired) electrons. The summed E-state index contributed by atoms with van der Waals surface area (Å²) in [5.41, 5.74) is 1.20. The first kappa shape index (κ1) is 14.9. The zero-order valence-corrected chi connectivity index (χ0v) is 11.8. The zero-order valence-electron chi connectivity index (χ0n) is 11.8. The number of hydrogen-bond donors (Lipinski definition) is 1. The number of hydrogen-bond acceptors (Lipinski definition) is 5. The number of esters is 1. The molecule has 5 heteroatoms. The Morgan fingerprint density at radius 1 is 1.14 bits per heavy atom. The Kier molecular flexibility index (Phi) is 4.79. The topological polar surface area (TPSA) is 65.0 Å². The fourth-order valence-corrected chi connectivity index (χ4v) is 1.73. The summed E-state index contributed by atoms with van der Waals surface area (Å²) < 4.78 is 15.5. The van der Waals surface area contributed by atoms with Gasteiger partial charge in [0.25, 0.3) is 0 Å². The van der Waals surface area contributed by atoms with Crippen LogP contribution in [0.3, 0.4) is 0 Å². The molecule has 0 unspecified atom stereocenters. The lowest BCUT2D eigenvalue weighted by Crippen LogP contribution is -2.08. The molecule has 21 heavy (non-hydrogen) atoms. The molecule has 0 fully saturated rings. The monoisotopic (exact) mass is 288 g/mol. The van der Waals surface area contributed by atoms with E-state index in [1.807, 2.05) is 6.92 Å². The number of rotatable bonds is 5. The predicted molar refractivity (Wildman–Crippen MR) is 76.7 cm³/mol. The van der Waals surface area contributed by atoms with E-state index in [0.29, 0.717) is 17.1 Å². The molecule has 0 saturated carbocycles. The van der Waals surface area contributed by atoms with Gasteiger partial charge < -0.3 is 19.3 Å². The fourth-order valence-electron chi connectivity index (χ4n) is 1.73. The first-order valence-electron chi connectivity index (χ1n) is 6.34. The van der Waals surface area contributed by atoms with Crippen molar-refractivity contribution in [1.82, 2.24) is 0 Å². The van der Waals surface area contributed by atoms with Crippen molar-refractivity contribution < 1.29 is 24.1 Å². The second kappa shape index (κ2) is 6.76. The Morgan fingerprint density at radius 3 is 2.48 bits per heavy atom. The summed E-state index contributed by atoms with van der Waals surface area (Å²) in [6.07, 6.45) is 0. The number of aryl methyl sites for hydroxylation is 1. The Bertz CT molecular complexity index is 619. The summed E-state index contributed by atoms with van der Waals surface area (Å²) in [5, 5.41) is 9.19. The highest BCUT2D eigenvalue weighted by Gasteiger charge is 2.10. The highest BCUT2D eigenvalue weighted by molar-refractivity contribution is 5.91. The molecule has 2 rings (SSSR count). The van der Waals surface area contributed by atoms with Crippen LogP contribution in [-0.4, -0.2) is 25.0 Å². The van der Waals surface area contributed by atoms with Gasteiger partial charge in [-0.05, 0) is 55.0 Å². The maximum absolute atomic E-state index is 11.9. The van der Waals surface area contributed by atoms with Gasteiger partial charge in [-0.1, -0.05) is 0 Å². The standard InChI is InChI=1S/C16H16O5/c1-11-9-14(7-8-15(11)20-10-19-2)21-16(18)12-3-5-13(17)6-4-12/h3-9,17H,10H2,1-2H3. The minimum absolute atomic E-state index is 0.0991. The summed E-state index contributed by atoms with van der Waals surface area (Å²) in [5.74, 6) is 0.707. The number of phenols is 1. The molecular formula is C16H16O5. The van der Waals surface area contributed by atoms with E-state index in [9.17, 15) is 9.90 Å². The maximum atomic E-state index is 11.9. The van der Waals surface area contributed by atoms with Crippen molar-refractivity contribution in [3.8, 4) is 17.2 Å². The summed E-state index contributed by atoms with van der Waals surface area (Å²) in [7, 11) is 1.54. The summed E-state index contributed by atoms with van der Waals surface area (Å²) in [6.45, 7) is 2.01. The lowest BCUT2D eigenvalue weighted by atomic mass is 10.2. The van der Waals surface area contributed by atoms with Crippen LogP contribution < -0.4 is 9.47 Å². The van der Waals surface area contributed by atoms with Crippen molar-refractivity contribution in [2.45, 2.75) is 6.92 Å². The van der Waals surface area contributed by atoms with E-state index >= 15 is 0 Å². The molecule has 2 aromatic carbocycles. The van der Waals surface area contributed by atoms with Gasteiger partial charge in [0, 0.05) is 7.11 Å². The molecule has 0 amide bonds. The van der Waals surface area contributed by atoms with Gasteiger partial charge >= 0.3 is 5.97 Å². The van der Waals surface area contributed by atoms with Crippen LogP contribution in [0.5, 0.6) is 17.2 Å². The number of carbonyl (C=O) groups is 1. The average Bonchev–Trinajstić information content (AvgIpc) is 2.47. The third-order valence-corrected chi connectivity index (χ3v) is 2.79. The molecule has 0 bridgehead atoms. The Hall–Kier alpha value is -2.53. The molecule has 0 aromatic heterocycles. The van der Waals surface area contributed by atoms with Gasteiger partial charge in [0.05, 0.1) is 5.56 Å². The first-order valence-corrected chi connectivity index (χ1v) is 6.34. The van der Waals surface area contributed by atoms with Crippen molar-refractivity contribution in [3.05, 3.63) is 53.6 Å². The third kappa shape index (κ3) is 3.97. The number of methoxy groups -OCH3 is 1. The molecule has 1 N–H and O–H groups in total. The molecule has 0 aliphatic rings. The Balaban J connectivity index is 2.07. The molecule has 0 heterocycles. The van der Waals surface area contributed by atoms with Gasteiger partial charge in [0.1, 0.15) is 17.2 Å². The Morgan fingerprint density at radius 2 is 1.86 bits per heavy atom. The number of carbonyl (C=O) groups excluding carboxylic acids is 1. The average molecular weight is 288 g/mol. The molecular weight excluding hydrogens is 272 g/mol. The number of ether oxygens (including phenoxy) is 3. The normalized spacial score (nSPS) is 10.2. The molecule has 0 atom stereocenters. The van der Waals surface area contributed by atoms with Crippen LogP contribution >= 0.6 is 0 Å². The van der Waals surface area contributed by atoms with Crippen molar-refractivity contribution >= 4 is 5.97 Å². The molecule has 5 nitrogen and oxygen atoms in total. The van der Waals surface area contributed by atoms with Gasteiger partial charge in [-0.25, -0.2) is 4.79 Å². The van der Waals surface area contributed by atoms with Crippen LogP contribution in [0.4, 0.5) is 0 Å². The second-order valence-electron chi connectivity index (χ2n) is 4.41. The second-order valence-corrected chi connectivity index (χ2v) is 4.41. The van der Waals surface area contributed by atoms with E-state index in [-0.39, 0.29) is 12.5 Å². The van der Waals surface area contributed by atoms with Crippen LogP contribution in [0.1, 0.15) is 15.9 Å². The summed E-state index contributed by atoms with van der Waals surface area (Å²) in [6, 6.07) is 10.9. The van der Waals surface area contributed by atoms with Crippen LogP contribution in [0.25, 0.3) is 0 Å². The summed E-state index contributed by atoms with van der Waals surface area (Å²) in [4.78, 5) is 11.9. The molecule has 0 aliphatic heterocycles. The van der Waals surface area contributed by atoms with Crippen molar-refractivity contribution in [1.29, 1.82) is 0 Å². The van der Waals surface area contributed by atoms with E-state index in [1.54, 1.807) is 25.3 Å². The highest BCUT2D eigenvalue weighted by Crippen LogP contribution is 2.24. The van der Waals surface area contributed by atoms with Gasteiger partial charge in [-0.3, -0.25) is 0 Å².